The highest BCUT2D eigenvalue weighted by Gasteiger charge is 2.49. The van der Waals surface area contributed by atoms with Crippen molar-refractivity contribution in [1.29, 1.82) is 0 Å². The summed E-state index contributed by atoms with van der Waals surface area (Å²) < 4.78 is 0.848. The molecule has 1 aromatic carbocycles. The molecule has 0 unspecified atom stereocenters. The van der Waals surface area contributed by atoms with Crippen molar-refractivity contribution in [1.82, 2.24) is 5.06 Å². The van der Waals surface area contributed by atoms with E-state index in [4.69, 9.17) is 11.6 Å². The molecule has 0 aromatic heterocycles. The Labute approximate surface area is 105 Å². The number of hydroxylamine groups is 3. The molecule has 1 atom stereocenters. The van der Waals surface area contributed by atoms with E-state index in [1.807, 2.05) is 0 Å². The van der Waals surface area contributed by atoms with E-state index in [9.17, 15) is 10.4 Å². The number of benzene rings is 1. The van der Waals surface area contributed by atoms with Gasteiger partial charge < -0.3 is 10.4 Å². The Kier molecular flexibility index (Phi) is 2.89. The zero-order valence-electron chi connectivity index (χ0n) is 10.0. The second-order valence-electron chi connectivity index (χ2n) is 4.70. The van der Waals surface area contributed by atoms with E-state index < -0.39 is 5.66 Å². The summed E-state index contributed by atoms with van der Waals surface area (Å²) in [7, 11) is 0. The molecular formula is C12H15ClN2O2. The summed E-state index contributed by atoms with van der Waals surface area (Å²) in [4.78, 5) is 0. The molecule has 1 N–H and O–H groups in total. The van der Waals surface area contributed by atoms with Crippen LogP contribution in [0.15, 0.2) is 24.3 Å². The lowest BCUT2D eigenvalue weighted by Crippen LogP contribution is -2.45. The minimum atomic E-state index is -0.950. The Morgan fingerprint density at radius 2 is 1.88 bits per heavy atom. The third kappa shape index (κ3) is 1.82. The van der Waals surface area contributed by atoms with Gasteiger partial charge in [-0.2, -0.15) is 4.74 Å². The van der Waals surface area contributed by atoms with Gasteiger partial charge in [-0.1, -0.05) is 11.6 Å². The quantitative estimate of drug-likeness (QED) is 0.619. The van der Waals surface area contributed by atoms with E-state index in [1.54, 1.807) is 45.0 Å². The zero-order valence-corrected chi connectivity index (χ0v) is 10.8. The monoisotopic (exact) mass is 254 g/mol. The maximum Gasteiger partial charge on any atom is 0.245 e. The van der Waals surface area contributed by atoms with Crippen LogP contribution in [0.1, 0.15) is 26.3 Å². The van der Waals surface area contributed by atoms with Gasteiger partial charge in [0.2, 0.25) is 11.4 Å². The van der Waals surface area contributed by atoms with Gasteiger partial charge in [-0.05, 0) is 31.2 Å². The van der Waals surface area contributed by atoms with Crippen LogP contribution in [0.5, 0.6) is 0 Å². The van der Waals surface area contributed by atoms with E-state index in [2.05, 4.69) is 0 Å². The van der Waals surface area contributed by atoms with Crippen molar-refractivity contribution in [2.45, 2.75) is 32.5 Å². The Balaban J connectivity index is 2.51. The first-order valence-electron chi connectivity index (χ1n) is 5.44. The normalized spacial score (nSPS) is 24.4. The smallest absolute Gasteiger partial charge is 0.245 e. The minimum Gasteiger partial charge on any atom is -0.622 e. The van der Waals surface area contributed by atoms with E-state index >= 15 is 0 Å². The summed E-state index contributed by atoms with van der Waals surface area (Å²) in [5.41, 5.74) is 0.379. The molecule has 17 heavy (non-hydrogen) atoms. The third-order valence-electron chi connectivity index (χ3n) is 3.18. The van der Waals surface area contributed by atoms with Crippen molar-refractivity contribution in [3.8, 4) is 0 Å². The van der Waals surface area contributed by atoms with Gasteiger partial charge in [-0.3, -0.25) is 0 Å². The Morgan fingerprint density at radius 3 is 2.29 bits per heavy atom. The molecule has 0 spiro atoms. The highest BCUT2D eigenvalue weighted by Crippen LogP contribution is 2.27. The van der Waals surface area contributed by atoms with Crippen LogP contribution in [0, 0.1) is 5.21 Å². The molecule has 0 saturated carbocycles. The van der Waals surface area contributed by atoms with E-state index in [-0.39, 0.29) is 6.04 Å². The van der Waals surface area contributed by atoms with Gasteiger partial charge in [0.05, 0.1) is 0 Å². The number of nitrogens with zero attached hydrogens (tertiary/aromatic N) is 2. The highest BCUT2D eigenvalue weighted by molar-refractivity contribution is 6.30. The molecule has 5 heteroatoms. The average Bonchev–Trinajstić information content (AvgIpc) is 2.43. The van der Waals surface area contributed by atoms with Crippen LogP contribution in [-0.4, -0.2) is 32.4 Å². The summed E-state index contributed by atoms with van der Waals surface area (Å²) in [6.07, 6.45) is 0. The fourth-order valence-electron chi connectivity index (χ4n) is 2.13. The maximum atomic E-state index is 12.2. The van der Waals surface area contributed by atoms with Gasteiger partial charge in [0.25, 0.3) is 0 Å². The van der Waals surface area contributed by atoms with Crippen LogP contribution in [-0.2, 0) is 0 Å². The minimum absolute atomic E-state index is 0.344. The molecule has 0 radical (unpaired) electrons. The zero-order chi connectivity index (χ0) is 12.8. The van der Waals surface area contributed by atoms with E-state index in [1.165, 1.54) is 0 Å². The van der Waals surface area contributed by atoms with Crippen LogP contribution < -0.4 is 0 Å². The molecule has 1 aliphatic heterocycles. The Bertz CT molecular complexity index is 468. The summed E-state index contributed by atoms with van der Waals surface area (Å²) in [6.45, 7) is 5.16. The molecular weight excluding hydrogens is 240 g/mol. The van der Waals surface area contributed by atoms with Crippen molar-refractivity contribution in [2.24, 2.45) is 0 Å². The molecule has 0 saturated heterocycles. The fraction of sp³-hybridized carbons (Fsp3) is 0.417. The molecule has 1 aliphatic rings. The third-order valence-corrected chi connectivity index (χ3v) is 3.43. The lowest BCUT2D eigenvalue weighted by molar-refractivity contribution is -0.579. The first-order valence-corrected chi connectivity index (χ1v) is 5.82. The van der Waals surface area contributed by atoms with Crippen LogP contribution in [0.2, 0.25) is 5.02 Å². The summed E-state index contributed by atoms with van der Waals surface area (Å²) in [5, 5.41) is 23.8. The number of halogens is 1. The van der Waals surface area contributed by atoms with Crippen LogP contribution in [0.25, 0.3) is 0 Å². The maximum absolute atomic E-state index is 12.2. The summed E-state index contributed by atoms with van der Waals surface area (Å²) in [5.74, 6) is 0. The fourth-order valence-corrected chi connectivity index (χ4v) is 2.25. The highest BCUT2D eigenvalue weighted by atomic mass is 35.5. The second-order valence-corrected chi connectivity index (χ2v) is 5.14. The topological polar surface area (TPSA) is 49.5 Å². The first kappa shape index (κ1) is 12.4. The van der Waals surface area contributed by atoms with Crippen molar-refractivity contribution in [2.75, 3.05) is 0 Å². The Hall–Kier alpha value is -1.10. The van der Waals surface area contributed by atoms with E-state index in [0.29, 0.717) is 10.7 Å². The van der Waals surface area contributed by atoms with Crippen molar-refractivity contribution in [3.05, 3.63) is 40.1 Å². The van der Waals surface area contributed by atoms with Crippen LogP contribution in [0.3, 0.4) is 0 Å². The van der Waals surface area contributed by atoms with Gasteiger partial charge in [-0.25, -0.2) is 0 Å². The van der Waals surface area contributed by atoms with Gasteiger partial charge in [-0.15, -0.1) is 5.06 Å². The van der Waals surface area contributed by atoms with Gasteiger partial charge in [0.1, 0.15) is 6.04 Å². The summed E-state index contributed by atoms with van der Waals surface area (Å²) >= 11 is 5.82. The lowest BCUT2D eigenvalue weighted by atomic mass is 10.1. The number of hydrogen-bond acceptors (Lipinski definition) is 3. The largest absolute Gasteiger partial charge is 0.622 e. The summed E-state index contributed by atoms with van der Waals surface area (Å²) in [6, 6.07) is 6.70. The molecule has 0 aliphatic carbocycles. The van der Waals surface area contributed by atoms with E-state index in [0.717, 1.165) is 15.4 Å². The van der Waals surface area contributed by atoms with Gasteiger partial charge in [0.15, 0.2) is 0 Å². The molecule has 92 valence electrons. The predicted molar refractivity (Wildman–Crippen MR) is 66.4 cm³/mol. The lowest BCUT2D eigenvalue weighted by Gasteiger charge is -2.24. The standard InChI is InChI=1S/C12H15ClN2O2/c1-8-11(9-4-6-10(13)7-5-9)15(17)12(2,3)14(8)16/h4-8,16H,1-3H3/t8-/m1/s1. The molecule has 0 bridgehead atoms. The average molecular weight is 255 g/mol. The predicted octanol–water partition coefficient (Wildman–Crippen LogP) is 2.47. The molecule has 0 fully saturated rings. The molecule has 1 heterocycles. The number of hydrogen-bond donors (Lipinski definition) is 1. The van der Waals surface area contributed by atoms with Crippen LogP contribution >= 0.6 is 11.6 Å². The van der Waals surface area contributed by atoms with Crippen LogP contribution in [0.4, 0.5) is 0 Å². The van der Waals surface area contributed by atoms with Crippen molar-refractivity contribution in [3.63, 3.8) is 0 Å². The molecule has 1 aromatic rings. The Morgan fingerprint density at radius 1 is 1.35 bits per heavy atom. The van der Waals surface area contributed by atoms with Gasteiger partial charge >= 0.3 is 0 Å². The van der Waals surface area contributed by atoms with Crippen molar-refractivity contribution >= 4 is 17.3 Å². The molecule has 2 rings (SSSR count). The SMILES string of the molecule is C[C@@H]1C(c2ccc(Cl)cc2)=[N+]([O-])C(C)(C)N1O. The first-order chi connectivity index (χ1) is 7.85. The number of rotatable bonds is 1. The molecule has 4 nitrogen and oxygen atoms in total. The van der Waals surface area contributed by atoms with Crippen molar-refractivity contribution < 1.29 is 9.95 Å². The molecule has 0 amide bonds. The van der Waals surface area contributed by atoms with Gasteiger partial charge in [0, 0.05) is 24.4 Å². The second kappa shape index (κ2) is 3.98.